The summed E-state index contributed by atoms with van der Waals surface area (Å²) in [4.78, 5) is 15.3. The van der Waals surface area contributed by atoms with Crippen LogP contribution in [0.25, 0.3) is 11.0 Å². The highest BCUT2D eigenvalue weighted by atomic mass is 16.1. The highest BCUT2D eigenvalue weighted by molar-refractivity contribution is 5.85. The molecule has 0 bridgehead atoms. The van der Waals surface area contributed by atoms with Crippen LogP contribution in [0.3, 0.4) is 0 Å². The van der Waals surface area contributed by atoms with E-state index in [2.05, 4.69) is 14.9 Å². The van der Waals surface area contributed by atoms with Gasteiger partial charge in [0.15, 0.2) is 0 Å². The molecule has 82 valence electrons. The van der Waals surface area contributed by atoms with E-state index in [0.29, 0.717) is 5.56 Å². The van der Waals surface area contributed by atoms with Crippen molar-refractivity contribution < 1.29 is 4.79 Å². The quantitative estimate of drug-likeness (QED) is 0.722. The van der Waals surface area contributed by atoms with Gasteiger partial charge < -0.3 is 9.88 Å². The van der Waals surface area contributed by atoms with Gasteiger partial charge in [-0.1, -0.05) is 0 Å². The topological polar surface area (TPSA) is 46.9 Å². The summed E-state index contributed by atoms with van der Waals surface area (Å²) in [6.07, 6.45) is 1.82. The Kier molecular flexibility index (Phi) is 2.22. The van der Waals surface area contributed by atoms with Crippen molar-refractivity contribution in [1.29, 1.82) is 0 Å². The number of hydrogen-bond acceptors (Lipinski definition) is 3. The second-order valence-electron chi connectivity index (χ2n) is 4.05. The van der Waals surface area contributed by atoms with E-state index < -0.39 is 0 Å². The third-order valence-corrected chi connectivity index (χ3v) is 3.02. The Morgan fingerprint density at radius 2 is 2.31 bits per heavy atom. The number of benzene rings is 1. The number of carbonyl (C=O) groups is 1. The van der Waals surface area contributed by atoms with Gasteiger partial charge in [-0.15, -0.1) is 0 Å². The Balaban J connectivity index is 2.20. The summed E-state index contributed by atoms with van der Waals surface area (Å²) in [7, 11) is 0. The molecule has 16 heavy (non-hydrogen) atoms. The summed E-state index contributed by atoms with van der Waals surface area (Å²) in [5, 5.41) is 3.35. The van der Waals surface area contributed by atoms with Crippen molar-refractivity contribution in [1.82, 2.24) is 14.9 Å². The molecule has 0 atom stereocenters. The van der Waals surface area contributed by atoms with Crippen LogP contribution in [0.5, 0.6) is 0 Å². The van der Waals surface area contributed by atoms with Gasteiger partial charge in [0.25, 0.3) is 0 Å². The van der Waals surface area contributed by atoms with Crippen LogP contribution in [-0.4, -0.2) is 28.9 Å². The standard InChI is InChI=1S/C12H13N3O/c16-8-9-1-2-11-10(7-9)14-12-3-4-13-5-6-15(11)12/h1-2,7-8,13H,3-6H2. The van der Waals surface area contributed by atoms with Gasteiger partial charge in [0.1, 0.15) is 12.1 Å². The number of aromatic nitrogens is 2. The second-order valence-corrected chi connectivity index (χ2v) is 4.05. The zero-order valence-electron chi connectivity index (χ0n) is 8.94. The van der Waals surface area contributed by atoms with Crippen molar-refractivity contribution in [3.8, 4) is 0 Å². The number of fused-ring (bicyclic) bond motifs is 3. The van der Waals surface area contributed by atoms with Crippen LogP contribution in [0.15, 0.2) is 18.2 Å². The van der Waals surface area contributed by atoms with E-state index in [9.17, 15) is 4.79 Å². The SMILES string of the molecule is O=Cc1ccc2c(c1)nc1n2CCNCC1. The molecule has 1 aromatic heterocycles. The number of nitrogens with zero attached hydrogens (tertiary/aromatic N) is 2. The summed E-state index contributed by atoms with van der Waals surface area (Å²) >= 11 is 0. The lowest BCUT2D eigenvalue weighted by atomic mass is 10.2. The number of imidazole rings is 1. The van der Waals surface area contributed by atoms with Crippen LogP contribution in [0.2, 0.25) is 0 Å². The zero-order valence-corrected chi connectivity index (χ0v) is 8.94. The Bertz CT molecular complexity index is 544. The molecule has 0 aliphatic carbocycles. The van der Waals surface area contributed by atoms with Gasteiger partial charge in [-0.25, -0.2) is 4.98 Å². The molecule has 3 rings (SSSR count). The van der Waals surface area contributed by atoms with Gasteiger partial charge in [-0.05, 0) is 18.2 Å². The first-order chi connectivity index (χ1) is 7.88. The highest BCUT2D eigenvalue weighted by Crippen LogP contribution is 2.18. The molecule has 0 saturated heterocycles. The molecule has 1 aliphatic rings. The van der Waals surface area contributed by atoms with Crippen LogP contribution >= 0.6 is 0 Å². The van der Waals surface area contributed by atoms with Gasteiger partial charge in [0, 0.05) is 31.6 Å². The molecule has 0 fully saturated rings. The van der Waals surface area contributed by atoms with Gasteiger partial charge in [-0.3, -0.25) is 4.79 Å². The fraction of sp³-hybridized carbons (Fsp3) is 0.333. The molecule has 1 aromatic carbocycles. The smallest absolute Gasteiger partial charge is 0.150 e. The predicted octanol–water partition coefficient (Wildman–Crippen LogP) is 0.994. The summed E-state index contributed by atoms with van der Waals surface area (Å²) in [5.41, 5.74) is 2.75. The maximum Gasteiger partial charge on any atom is 0.150 e. The lowest BCUT2D eigenvalue weighted by Crippen LogP contribution is -2.17. The molecule has 0 spiro atoms. The third kappa shape index (κ3) is 1.42. The van der Waals surface area contributed by atoms with Crippen LogP contribution in [0.1, 0.15) is 16.2 Å². The normalized spacial score (nSPS) is 15.8. The minimum atomic E-state index is 0.693. The molecule has 0 unspecified atom stereocenters. The Morgan fingerprint density at radius 3 is 3.19 bits per heavy atom. The van der Waals surface area contributed by atoms with Crippen molar-refractivity contribution in [3.05, 3.63) is 29.6 Å². The molecular weight excluding hydrogens is 202 g/mol. The first kappa shape index (κ1) is 9.54. The van der Waals surface area contributed by atoms with E-state index in [4.69, 9.17) is 0 Å². The maximum absolute atomic E-state index is 10.7. The molecule has 2 heterocycles. The largest absolute Gasteiger partial charge is 0.327 e. The molecule has 4 nitrogen and oxygen atoms in total. The average molecular weight is 215 g/mol. The fourth-order valence-electron chi connectivity index (χ4n) is 2.23. The van der Waals surface area contributed by atoms with E-state index in [1.165, 1.54) is 0 Å². The Hall–Kier alpha value is -1.68. The molecule has 2 aromatic rings. The van der Waals surface area contributed by atoms with Gasteiger partial charge >= 0.3 is 0 Å². The van der Waals surface area contributed by atoms with Crippen molar-refractivity contribution in [2.24, 2.45) is 0 Å². The van der Waals surface area contributed by atoms with E-state index in [-0.39, 0.29) is 0 Å². The van der Waals surface area contributed by atoms with E-state index in [1.54, 1.807) is 0 Å². The lowest BCUT2D eigenvalue weighted by Gasteiger charge is -2.03. The fourth-order valence-corrected chi connectivity index (χ4v) is 2.23. The van der Waals surface area contributed by atoms with E-state index in [0.717, 1.165) is 49.2 Å². The summed E-state index contributed by atoms with van der Waals surface area (Å²) in [6.45, 7) is 2.91. The van der Waals surface area contributed by atoms with Crippen molar-refractivity contribution >= 4 is 17.3 Å². The molecule has 1 aliphatic heterocycles. The lowest BCUT2D eigenvalue weighted by molar-refractivity contribution is 0.112. The van der Waals surface area contributed by atoms with Crippen LogP contribution in [0, 0.1) is 0 Å². The van der Waals surface area contributed by atoms with E-state index >= 15 is 0 Å². The Morgan fingerprint density at radius 1 is 1.38 bits per heavy atom. The number of carbonyl (C=O) groups excluding carboxylic acids is 1. The highest BCUT2D eigenvalue weighted by Gasteiger charge is 2.12. The number of rotatable bonds is 1. The minimum Gasteiger partial charge on any atom is -0.327 e. The molecule has 0 saturated carbocycles. The van der Waals surface area contributed by atoms with Crippen LogP contribution < -0.4 is 5.32 Å². The second kappa shape index (κ2) is 3.72. The van der Waals surface area contributed by atoms with E-state index in [1.807, 2.05) is 18.2 Å². The summed E-state index contributed by atoms with van der Waals surface area (Å²) < 4.78 is 2.24. The first-order valence-electron chi connectivity index (χ1n) is 5.53. The predicted molar refractivity (Wildman–Crippen MR) is 61.7 cm³/mol. The Labute approximate surface area is 93.3 Å². The number of hydrogen-bond donors (Lipinski definition) is 1. The van der Waals surface area contributed by atoms with Gasteiger partial charge in [0.2, 0.25) is 0 Å². The third-order valence-electron chi connectivity index (χ3n) is 3.02. The summed E-state index contributed by atoms with van der Waals surface area (Å²) in [6, 6.07) is 5.70. The summed E-state index contributed by atoms with van der Waals surface area (Å²) in [5.74, 6) is 1.11. The van der Waals surface area contributed by atoms with Crippen LogP contribution in [-0.2, 0) is 13.0 Å². The van der Waals surface area contributed by atoms with Crippen molar-refractivity contribution in [3.63, 3.8) is 0 Å². The van der Waals surface area contributed by atoms with Gasteiger partial charge in [0.05, 0.1) is 11.0 Å². The van der Waals surface area contributed by atoms with Crippen LogP contribution in [0.4, 0.5) is 0 Å². The van der Waals surface area contributed by atoms with Crippen molar-refractivity contribution in [2.45, 2.75) is 13.0 Å². The number of nitrogens with one attached hydrogen (secondary N) is 1. The monoisotopic (exact) mass is 215 g/mol. The van der Waals surface area contributed by atoms with Gasteiger partial charge in [-0.2, -0.15) is 0 Å². The minimum absolute atomic E-state index is 0.693. The number of aldehydes is 1. The zero-order chi connectivity index (χ0) is 11.0. The molecule has 0 radical (unpaired) electrons. The molecule has 1 N–H and O–H groups in total. The van der Waals surface area contributed by atoms with Crippen molar-refractivity contribution in [2.75, 3.05) is 13.1 Å². The molecule has 0 amide bonds. The molecular formula is C12H13N3O. The molecule has 4 heteroatoms. The first-order valence-corrected chi connectivity index (χ1v) is 5.53. The average Bonchev–Trinajstić information content (AvgIpc) is 2.50. The maximum atomic E-state index is 10.7.